The number of methoxy groups -OCH3 is 1. The molecule has 0 unspecified atom stereocenters. The predicted molar refractivity (Wildman–Crippen MR) is 103 cm³/mol. The number of hydrogen-bond donors (Lipinski definition) is 2. The minimum Gasteiger partial charge on any atom is -0.496 e. The summed E-state index contributed by atoms with van der Waals surface area (Å²) in [4.78, 5) is 17.7. The van der Waals surface area contributed by atoms with Crippen LogP contribution in [0, 0.1) is 12.8 Å². The Hall–Kier alpha value is -2.24. The maximum atomic E-state index is 11.7. The molecular formula is C19H32N4O2. The number of rotatable bonds is 8. The predicted octanol–water partition coefficient (Wildman–Crippen LogP) is 1.83. The molecule has 0 radical (unpaired) electrons. The fourth-order valence-corrected chi connectivity index (χ4v) is 2.18. The van der Waals surface area contributed by atoms with Crippen LogP contribution < -0.4 is 15.4 Å². The molecule has 0 fully saturated rings. The van der Waals surface area contributed by atoms with Crippen LogP contribution in [0.2, 0.25) is 0 Å². The zero-order valence-electron chi connectivity index (χ0n) is 16.3. The second-order valence-electron chi connectivity index (χ2n) is 6.72. The average Bonchev–Trinajstić information content (AvgIpc) is 2.56. The Morgan fingerprint density at radius 1 is 1.28 bits per heavy atom. The van der Waals surface area contributed by atoms with Gasteiger partial charge < -0.3 is 20.3 Å². The van der Waals surface area contributed by atoms with Gasteiger partial charge in [-0.15, -0.1) is 0 Å². The van der Waals surface area contributed by atoms with Crippen LogP contribution in [0.1, 0.15) is 25.0 Å². The summed E-state index contributed by atoms with van der Waals surface area (Å²) in [5, 5.41) is 6.58. The van der Waals surface area contributed by atoms with E-state index in [1.165, 1.54) is 5.56 Å². The van der Waals surface area contributed by atoms with Gasteiger partial charge in [-0.1, -0.05) is 31.5 Å². The molecule has 0 heterocycles. The molecule has 0 aromatic heterocycles. The van der Waals surface area contributed by atoms with Gasteiger partial charge in [-0.2, -0.15) is 0 Å². The molecule has 25 heavy (non-hydrogen) atoms. The number of hydrogen-bond acceptors (Lipinski definition) is 3. The lowest BCUT2D eigenvalue weighted by atomic mass is 10.1. The van der Waals surface area contributed by atoms with Gasteiger partial charge in [0.15, 0.2) is 5.96 Å². The van der Waals surface area contributed by atoms with Crippen molar-refractivity contribution in [2.45, 2.75) is 27.2 Å². The lowest BCUT2D eigenvalue weighted by Crippen LogP contribution is -2.41. The van der Waals surface area contributed by atoms with E-state index in [0.717, 1.165) is 24.3 Å². The molecule has 0 spiro atoms. The summed E-state index contributed by atoms with van der Waals surface area (Å²) >= 11 is 0. The van der Waals surface area contributed by atoms with Gasteiger partial charge in [-0.3, -0.25) is 4.79 Å². The maximum Gasteiger partial charge on any atom is 0.243 e. The van der Waals surface area contributed by atoms with Crippen molar-refractivity contribution in [1.29, 1.82) is 0 Å². The van der Waals surface area contributed by atoms with E-state index in [2.05, 4.69) is 42.5 Å². The van der Waals surface area contributed by atoms with E-state index in [1.54, 1.807) is 26.1 Å². The first-order valence-electron chi connectivity index (χ1n) is 8.69. The number of aryl methyl sites for hydroxylation is 1. The van der Waals surface area contributed by atoms with Crippen LogP contribution in [0.15, 0.2) is 23.2 Å². The molecule has 1 amide bonds. The minimum absolute atomic E-state index is 0.0222. The first-order chi connectivity index (χ1) is 11.8. The second kappa shape index (κ2) is 10.6. The third-order valence-corrected chi connectivity index (χ3v) is 3.67. The highest BCUT2D eigenvalue weighted by Gasteiger charge is 2.07. The van der Waals surface area contributed by atoms with Crippen LogP contribution in [0.3, 0.4) is 0 Å². The van der Waals surface area contributed by atoms with Crippen LogP contribution in [0.5, 0.6) is 5.75 Å². The number of nitrogens with one attached hydrogen (secondary N) is 2. The molecule has 0 aliphatic heterocycles. The summed E-state index contributed by atoms with van der Waals surface area (Å²) in [6, 6.07) is 6.17. The Bertz CT molecular complexity index is 583. The second-order valence-corrected chi connectivity index (χ2v) is 6.72. The van der Waals surface area contributed by atoms with Crippen molar-refractivity contribution in [3.63, 3.8) is 0 Å². The molecule has 2 N–H and O–H groups in total. The zero-order valence-corrected chi connectivity index (χ0v) is 16.3. The number of ether oxygens (including phenoxy) is 1. The highest BCUT2D eigenvalue weighted by Crippen LogP contribution is 2.19. The SMILES string of the molecule is COc1ccc(C)cc1CCNC(=NCC(=O)N(C)C)NCC(C)C. The third-order valence-electron chi connectivity index (χ3n) is 3.67. The molecule has 0 aliphatic rings. The van der Waals surface area contributed by atoms with Crippen molar-refractivity contribution in [3.8, 4) is 5.75 Å². The van der Waals surface area contributed by atoms with Gasteiger partial charge in [0.05, 0.1) is 7.11 Å². The van der Waals surface area contributed by atoms with Gasteiger partial charge in [-0.25, -0.2) is 4.99 Å². The Labute approximate surface area is 151 Å². The number of aliphatic imine (C=N–C) groups is 1. The first-order valence-corrected chi connectivity index (χ1v) is 8.69. The van der Waals surface area contributed by atoms with Crippen molar-refractivity contribution in [2.24, 2.45) is 10.9 Å². The van der Waals surface area contributed by atoms with Gasteiger partial charge in [0.1, 0.15) is 12.3 Å². The van der Waals surface area contributed by atoms with E-state index in [9.17, 15) is 4.79 Å². The molecule has 1 aromatic carbocycles. The third kappa shape index (κ3) is 7.92. The molecule has 0 bridgehead atoms. The number of carbonyl (C=O) groups excluding carboxylic acids is 1. The molecule has 140 valence electrons. The lowest BCUT2D eigenvalue weighted by Gasteiger charge is -2.16. The van der Waals surface area contributed by atoms with Crippen LogP contribution in [0.25, 0.3) is 0 Å². The van der Waals surface area contributed by atoms with Crippen molar-refractivity contribution in [3.05, 3.63) is 29.3 Å². The molecule has 0 aliphatic carbocycles. The quantitative estimate of drug-likeness (QED) is 0.556. The fourth-order valence-electron chi connectivity index (χ4n) is 2.18. The van der Waals surface area contributed by atoms with E-state index < -0.39 is 0 Å². The smallest absolute Gasteiger partial charge is 0.243 e. The van der Waals surface area contributed by atoms with Gasteiger partial charge in [0, 0.05) is 27.2 Å². The Balaban J connectivity index is 2.66. The summed E-state index contributed by atoms with van der Waals surface area (Å²) in [5.74, 6) is 2.03. The molecule has 6 nitrogen and oxygen atoms in total. The van der Waals surface area contributed by atoms with Crippen molar-refractivity contribution >= 4 is 11.9 Å². The monoisotopic (exact) mass is 348 g/mol. The van der Waals surface area contributed by atoms with Crippen LogP contribution in [-0.4, -0.2) is 57.6 Å². The first kappa shape index (κ1) is 20.8. The molecule has 0 saturated heterocycles. The normalized spacial score (nSPS) is 11.4. The van der Waals surface area contributed by atoms with Crippen LogP contribution in [-0.2, 0) is 11.2 Å². The summed E-state index contributed by atoms with van der Waals surface area (Å²) < 4.78 is 5.42. The van der Waals surface area contributed by atoms with E-state index in [1.807, 2.05) is 12.1 Å². The highest BCUT2D eigenvalue weighted by atomic mass is 16.5. The van der Waals surface area contributed by atoms with Crippen molar-refractivity contribution < 1.29 is 9.53 Å². The van der Waals surface area contributed by atoms with Crippen molar-refractivity contribution in [1.82, 2.24) is 15.5 Å². The number of nitrogens with zero attached hydrogens (tertiary/aromatic N) is 2. The molecule has 0 saturated carbocycles. The van der Waals surface area contributed by atoms with Crippen molar-refractivity contribution in [2.75, 3.05) is 40.8 Å². The van der Waals surface area contributed by atoms with Crippen LogP contribution in [0.4, 0.5) is 0 Å². The van der Waals surface area contributed by atoms with E-state index >= 15 is 0 Å². The molecule has 1 rings (SSSR count). The Morgan fingerprint density at radius 2 is 2.00 bits per heavy atom. The maximum absolute atomic E-state index is 11.7. The number of likely N-dealkylation sites (N-methyl/N-ethyl adjacent to an activating group) is 1. The topological polar surface area (TPSA) is 66.0 Å². The Kier molecular flexibility index (Phi) is 8.81. The molecular weight excluding hydrogens is 316 g/mol. The summed E-state index contributed by atoms with van der Waals surface area (Å²) in [6.07, 6.45) is 0.814. The fraction of sp³-hybridized carbons (Fsp3) is 0.579. The summed E-state index contributed by atoms with van der Waals surface area (Å²) in [6.45, 7) is 7.98. The largest absolute Gasteiger partial charge is 0.496 e. The molecule has 0 atom stereocenters. The standard InChI is InChI=1S/C19H32N4O2/c1-14(2)12-21-19(22-13-18(24)23(4)5)20-10-9-16-11-15(3)7-8-17(16)25-6/h7-8,11,14H,9-10,12-13H2,1-6H3,(H2,20,21,22). The van der Waals surface area contributed by atoms with Gasteiger partial charge >= 0.3 is 0 Å². The summed E-state index contributed by atoms with van der Waals surface area (Å²) in [5.41, 5.74) is 2.36. The molecule has 6 heteroatoms. The summed E-state index contributed by atoms with van der Waals surface area (Å²) in [7, 11) is 5.15. The lowest BCUT2D eigenvalue weighted by molar-refractivity contribution is -0.127. The Morgan fingerprint density at radius 3 is 2.60 bits per heavy atom. The van der Waals surface area contributed by atoms with E-state index in [0.29, 0.717) is 18.4 Å². The van der Waals surface area contributed by atoms with Gasteiger partial charge in [-0.05, 0) is 30.9 Å². The van der Waals surface area contributed by atoms with E-state index in [-0.39, 0.29) is 12.5 Å². The highest BCUT2D eigenvalue weighted by molar-refractivity contribution is 5.84. The average molecular weight is 348 g/mol. The zero-order chi connectivity index (χ0) is 18.8. The number of guanidine groups is 1. The number of carbonyl (C=O) groups is 1. The number of amides is 1. The van der Waals surface area contributed by atoms with Gasteiger partial charge in [0.25, 0.3) is 0 Å². The molecule has 1 aromatic rings. The minimum atomic E-state index is -0.0222. The number of benzene rings is 1. The van der Waals surface area contributed by atoms with Gasteiger partial charge in [0.2, 0.25) is 5.91 Å². The van der Waals surface area contributed by atoms with Crippen LogP contribution >= 0.6 is 0 Å². The van der Waals surface area contributed by atoms with E-state index in [4.69, 9.17) is 4.74 Å².